The summed E-state index contributed by atoms with van der Waals surface area (Å²) in [6, 6.07) is 11.8. The monoisotopic (exact) mass is 344 g/mol. The van der Waals surface area contributed by atoms with E-state index in [0.717, 1.165) is 6.54 Å². The van der Waals surface area contributed by atoms with Gasteiger partial charge >= 0.3 is 0 Å². The Bertz CT molecular complexity index is 710. The summed E-state index contributed by atoms with van der Waals surface area (Å²) in [5, 5.41) is 0. The van der Waals surface area contributed by atoms with Crippen molar-refractivity contribution in [2.45, 2.75) is 25.3 Å². The Morgan fingerprint density at radius 1 is 0.920 bits per heavy atom. The van der Waals surface area contributed by atoms with Gasteiger partial charge in [0.2, 0.25) is 5.95 Å². The number of benzene rings is 1. The first kappa shape index (κ1) is 16.4. The Balaban J connectivity index is 1.52. The minimum absolute atomic E-state index is 0.0800. The lowest BCUT2D eigenvalue weighted by Gasteiger charge is -2.46. The number of nitrogens with zero attached hydrogens (tertiary/aromatic N) is 4. The van der Waals surface area contributed by atoms with E-state index in [-0.39, 0.29) is 6.42 Å². The third-order valence-corrected chi connectivity index (χ3v) is 5.48. The molecular weight excluding hydrogens is 322 g/mol. The SMILES string of the molecule is FC1(F)CCN(Cc2ccccc2)C[C@@]12CCN(c1ncccn1)C2. The molecule has 0 amide bonds. The van der Waals surface area contributed by atoms with Crippen LogP contribution in [0.1, 0.15) is 18.4 Å². The fourth-order valence-electron chi connectivity index (χ4n) is 4.09. The molecule has 3 heterocycles. The second-order valence-corrected chi connectivity index (χ2v) is 7.15. The summed E-state index contributed by atoms with van der Waals surface area (Å²) in [6.07, 6.45) is 3.72. The molecule has 1 spiro atoms. The first-order valence-electron chi connectivity index (χ1n) is 8.74. The van der Waals surface area contributed by atoms with Crippen molar-refractivity contribution < 1.29 is 8.78 Å². The molecule has 0 aliphatic carbocycles. The molecule has 4 nitrogen and oxygen atoms in total. The zero-order chi connectivity index (χ0) is 17.3. The summed E-state index contributed by atoms with van der Waals surface area (Å²) >= 11 is 0. The van der Waals surface area contributed by atoms with Crippen molar-refractivity contribution in [3.05, 3.63) is 54.4 Å². The van der Waals surface area contributed by atoms with Gasteiger partial charge in [-0.1, -0.05) is 30.3 Å². The van der Waals surface area contributed by atoms with Crippen molar-refractivity contribution >= 4 is 5.95 Å². The van der Waals surface area contributed by atoms with E-state index < -0.39 is 11.3 Å². The number of hydrogen-bond acceptors (Lipinski definition) is 4. The minimum Gasteiger partial charge on any atom is -0.340 e. The number of hydrogen-bond donors (Lipinski definition) is 0. The Labute approximate surface area is 146 Å². The number of anilines is 1. The zero-order valence-electron chi connectivity index (χ0n) is 14.1. The van der Waals surface area contributed by atoms with Crippen molar-refractivity contribution in [2.75, 3.05) is 31.1 Å². The second-order valence-electron chi connectivity index (χ2n) is 7.15. The van der Waals surface area contributed by atoms with E-state index in [1.807, 2.05) is 23.1 Å². The predicted molar refractivity (Wildman–Crippen MR) is 92.6 cm³/mol. The van der Waals surface area contributed by atoms with Crippen LogP contribution in [0.15, 0.2) is 48.8 Å². The lowest BCUT2D eigenvalue weighted by molar-refractivity contribution is -0.158. The highest BCUT2D eigenvalue weighted by Gasteiger charge is 2.59. The second kappa shape index (κ2) is 6.33. The largest absolute Gasteiger partial charge is 0.340 e. The van der Waals surface area contributed by atoms with Crippen LogP contribution in [0.5, 0.6) is 0 Å². The number of aromatic nitrogens is 2. The molecule has 6 heteroatoms. The van der Waals surface area contributed by atoms with Crippen LogP contribution in [0.3, 0.4) is 0 Å². The van der Waals surface area contributed by atoms with Gasteiger partial charge in [0, 0.05) is 51.5 Å². The quantitative estimate of drug-likeness (QED) is 0.856. The lowest BCUT2D eigenvalue weighted by Crippen LogP contribution is -2.56. The summed E-state index contributed by atoms with van der Waals surface area (Å²) in [5.41, 5.74) is 0.156. The molecule has 4 rings (SSSR count). The molecule has 1 aromatic heterocycles. The number of piperidine rings is 1. The summed E-state index contributed by atoms with van der Waals surface area (Å²) in [5.74, 6) is -2.10. The average Bonchev–Trinajstić information content (AvgIpc) is 3.06. The molecule has 2 fully saturated rings. The van der Waals surface area contributed by atoms with E-state index in [1.165, 1.54) is 5.56 Å². The fourth-order valence-corrected chi connectivity index (χ4v) is 4.09. The Morgan fingerprint density at radius 2 is 1.68 bits per heavy atom. The van der Waals surface area contributed by atoms with Crippen molar-refractivity contribution in [3.8, 4) is 0 Å². The normalized spacial score (nSPS) is 26.2. The summed E-state index contributed by atoms with van der Waals surface area (Å²) < 4.78 is 29.7. The van der Waals surface area contributed by atoms with E-state index >= 15 is 0 Å². The zero-order valence-corrected chi connectivity index (χ0v) is 14.1. The van der Waals surface area contributed by atoms with Crippen molar-refractivity contribution in [3.63, 3.8) is 0 Å². The van der Waals surface area contributed by atoms with Crippen LogP contribution in [-0.2, 0) is 6.54 Å². The molecule has 0 N–H and O–H groups in total. The summed E-state index contributed by atoms with van der Waals surface area (Å²) in [4.78, 5) is 12.5. The molecule has 0 saturated carbocycles. The highest BCUT2D eigenvalue weighted by molar-refractivity contribution is 5.33. The highest BCUT2D eigenvalue weighted by Crippen LogP contribution is 2.50. The Hall–Kier alpha value is -2.08. The van der Waals surface area contributed by atoms with Gasteiger partial charge in [-0.05, 0) is 18.1 Å². The molecule has 0 unspecified atom stereocenters. The van der Waals surface area contributed by atoms with Gasteiger partial charge in [-0.15, -0.1) is 0 Å². The molecule has 2 aliphatic rings. The maximum atomic E-state index is 14.9. The standard InChI is InChI=1S/C19H22F2N4/c20-19(21)8-11-24(13-16-5-2-1-3-6-16)14-18(19)7-12-25(15-18)17-22-9-4-10-23-17/h1-6,9-10H,7-8,11-15H2/t18-/m1/s1. The van der Waals surface area contributed by atoms with E-state index in [0.29, 0.717) is 38.5 Å². The molecule has 1 aromatic carbocycles. The van der Waals surface area contributed by atoms with Gasteiger partial charge in [0.15, 0.2) is 0 Å². The molecule has 2 aromatic rings. The van der Waals surface area contributed by atoms with E-state index in [1.54, 1.807) is 18.5 Å². The number of likely N-dealkylation sites (tertiary alicyclic amines) is 1. The smallest absolute Gasteiger partial charge is 0.257 e. The van der Waals surface area contributed by atoms with Crippen LogP contribution in [0.2, 0.25) is 0 Å². The predicted octanol–water partition coefficient (Wildman–Crippen LogP) is 3.21. The third kappa shape index (κ3) is 3.11. The van der Waals surface area contributed by atoms with Gasteiger partial charge in [0.25, 0.3) is 5.92 Å². The first-order valence-corrected chi connectivity index (χ1v) is 8.74. The van der Waals surface area contributed by atoms with Gasteiger partial charge < -0.3 is 4.90 Å². The van der Waals surface area contributed by atoms with Gasteiger partial charge in [0.05, 0.1) is 5.41 Å². The van der Waals surface area contributed by atoms with Gasteiger partial charge in [-0.25, -0.2) is 18.7 Å². The fraction of sp³-hybridized carbons (Fsp3) is 0.474. The average molecular weight is 344 g/mol. The Morgan fingerprint density at radius 3 is 2.44 bits per heavy atom. The molecule has 0 bridgehead atoms. The molecule has 25 heavy (non-hydrogen) atoms. The van der Waals surface area contributed by atoms with E-state index in [4.69, 9.17) is 0 Å². The van der Waals surface area contributed by atoms with Crippen molar-refractivity contribution in [1.29, 1.82) is 0 Å². The molecule has 1 atom stereocenters. The molecular formula is C19H22F2N4. The van der Waals surface area contributed by atoms with Crippen LogP contribution in [0.25, 0.3) is 0 Å². The van der Waals surface area contributed by atoms with Crippen LogP contribution in [-0.4, -0.2) is 47.0 Å². The molecule has 2 aliphatic heterocycles. The highest BCUT2D eigenvalue weighted by atomic mass is 19.3. The third-order valence-electron chi connectivity index (χ3n) is 5.48. The maximum absolute atomic E-state index is 14.9. The number of alkyl halides is 2. The van der Waals surface area contributed by atoms with Crippen LogP contribution in [0.4, 0.5) is 14.7 Å². The molecule has 132 valence electrons. The summed E-state index contributed by atoms with van der Waals surface area (Å²) in [7, 11) is 0. The van der Waals surface area contributed by atoms with Gasteiger partial charge in [0.1, 0.15) is 0 Å². The van der Waals surface area contributed by atoms with Crippen LogP contribution in [0, 0.1) is 5.41 Å². The topological polar surface area (TPSA) is 32.3 Å². The van der Waals surface area contributed by atoms with Crippen LogP contribution >= 0.6 is 0 Å². The molecule has 0 radical (unpaired) electrons. The van der Waals surface area contributed by atoms with E-state index in [2.05, 4.69) is 27.0 Å². The minimum atomic E-state index is -2.65. The van der Waals surface area contributed by atoms with Gasteiger partial charge in [-0.3, -0.25) is 4.90 Å². The van der Waals surface area contributed by atoms with Crippen molar-refractivity contribution in [1.82, 2.24) is 14.9 Å². The van der Waals surface area contributed by atoms with Crippen molar-refractivity contribution in [2.24, 2.45) is 5.41 Å². The van der Waals surface area contributed by atoms with E-state index in [9.17, 15) is 8.78 Å². The number of halogens is 2. The first-order chi connectivity index (χ1) is 12.1. The number of rotatable bonds is 3. The molecule has 2 saturated heterocycles. The van der Waals surface area contributed by atoms with Crippen LogP contribution < -0.4 is 4.90 Å². The summed E-state index contributed by atoms with van der Waals surface area (Å²) in [6.45, 7) is 2.47. The van der Waals surface area contributed by atoms with Gasteiger partial charge in [-0.2, -0.15) is 0 Å². The Kier molecular flexibility index (Phi) is 4.15. The maximum Gasteiger partial charge on any atom is 0.257 e. The lowest BCUT2D eigenvalue weighted by atomic mass is 9.75.